The summed E-state index contributed by atoms with van der Waals surface area (Å²) >= 11 is 0. The largest absolute Gasteiger partial charge is 0.342 e. The molecule has 0 spiro atoms. The second kappa shape index (κ2) is 8.18. The zero-order valence-electron chi connectivity index (χ0n) is 13.4. The first-order valence-corrected chi connectivity index (χ1v) is 8.29. The van der Waals surface area contributed by atoms with Gasteiger partial charge in [0.15, 0.2) is 0 Å². The van der Waals surface area contributed by atoms with Crippen LogP contribution in [0.25, 0.3) is 0 Å². The van der Waals surface area contributed by atoms with Crippen LogP contribution in [0.4, 0.5) is 0 Å². The number of likely N-dealkylation sites (tertiary alicyclic amines) is 1. The van der Waals surface area contributed by atoms with Crippen molar-refractivity contribution in [2.24, 2.45) is 5.92 Å². The van der Waals surface area contributed by atoms with Gasteiger partial charge in [-0.25, -0.2) is 0 Å². The van der Waals surface area contributed by atoms with Gasteiger partial charge in [-0.1, -0.05) is 38.1 Å². The van der Waals surface area contributed by atoms with Crippen LogP contribution in [-0.4, -0.2) is 37.0 Å². The zero-order valence-corrected chi connectivity index (χ0v) is 13.4. The number of nitrogens with zero attached hydrogens (tertiary/aromatic N) is 1. The maximum atomic E-state index is 12.4. The average molecular weight is 288 g/mol. The third-order valence-electron chi connectivity index (χ3n) is 4.44. The molecule has 3 heteroatoms. The molecule has 3 nitrogen and oxygen atoms in total. The number of nitrogens with one attached hydrogen (secondary N) is 1. The molecule has 1 aliphatic rings. The molecule has 1 saturated heterocycles. The van der Waals surface area contributed by atoms with E-state index >= 15 is 0 Å². The van der Waals surface area contributed by atoms with Crippen molar-refractivity contribution in [1.29, 1.82) is 0 Å². The van der Waals surface area contributed by atoms with E-state index in [1.807, 2.05) is 4.90 Å². The number of aryl methyl sites for hydroxylation is 1. The summed E-state index contributed by atoms with van der Waals surface area (Å²) in [6.07, 6.45) is 3.86. The number of hydrogen-bond acceptors (Lipinski definition) is 2. The molecule has 0 atom stereocenters. The minimum absolute atomic E-state index is 0.279. The molecule has 21 heavy (non-hydrogen) atoms. The Bertz CT molecular complexity index is 433. The summed E-state index contributed by atoms with van der Waals surface area (Å²) in [4.78, 5) is 14.4. The molecule has 0 bridgehead atoms. The summed E-state index contributed by atoms with van der Waals surface area (Å²) in [5.74, 6) is 1.01. The van der Waals surface area contributed by atoms with Crippen molar-refractivity contribution in [3.63, 3.8) is 0 Å². The molecule has 0 saturated carbocycles. The van der Waals surface area contributed by atoms with Crippen molar-refractivity contribution in [1.82, 2.24) is 10.2 Å². The Kier molecular flexibility index (Phi) is 6.24. The number of carbonyl (C=O) groups is 1. The van der Waals surface area contributed by atoms with E-state index in [1.165, 1.54) is 5.56 Å². The lowest BCUT2D eigenvalue weighted by Gasteiger charge is -2.32. The SMILES string of the molecule is CCNCC1CCN(C(=O)Cc2ccc(CC)cc2)CC1. The molecule has 0 radical (unpaired) electrons. The van der Waals surface area contributed by atoms with Gasteiger partial charge in [-0.3, -0.25) is 4.79 Å². The van der Waals surface area contributed by atoms with Crippen LogP contribution in [0.5, 0.6) is 0 Å². The second-order valence-corrected chi connectivity index (χ2v) is 5.98. The van der Waals surface area contributed by atoms with Gasteiger partial charge in [0.2, 0.25) is 5.91 Å². The average Bonchev–Trinajstić information content (AvgIpc) is 2.54. The van der Waals surface area contributed by atoms with Gasteiger partial charge in [-0.15, -0.1) is 0 Å². The molecule has 2 rings (SSSR count). The quantitative estimate of drug-likeness (QED) is 0.873. The summed E-state index contributed by atoms with van der Waals surface area (Å²) in [7, 11) is 0. The summed E-state index contributed by atoms with van der Waals surface area (Å²) in [5.41, 5.74) is 2.46. The normalized spacial score (nSPS) is 16.2. The summed E-state index contributed by atoms with van der Waals surface area (Å²) in [5, 5.41) is 3.41. The van der Waals surface area contributed by atoms with E-state index in [4.69, 9.17) is 0 Å². The molecular weight excluding hydrogens is 260 g/mol. The topological polar surface area (TPSA) is 32.3 Å². The van der Waals surface area contributed by atoms with Crippen LogP contribution >= 0.6 is 0 Å². The van der Waals surface area contributed by atoms with Crippen molar-refractivity contribution in [3.8, 4) is 0 Å². The fourth-order valence-electron chi connectivity index (χ4n) is 2.91. The minimum atomic E-state index is 0.279. The molecule has 0 aromatic heterocycles. The van der Waals surface area contributed by atoms with E-state index in [9.17, 15) is 4.79 Å². The Balaban J connectivity index is 1.78. The summed E-state index contributed by atoms with van der Waals surface area (Å²) < 4.78 is 0. The van der Waals surface area contributed by atoms with E-state index in [0.717, 1.165) is 56.9 Å². The fraction of sp³-hybridized carbons (Fsp3) is 0.611. The van der Waals surface area contributed by atoms with E-state index in [0.29, 0.717) is 6.42 Å². The highest BCUT2D eigenvalue weighted by Crippen LogP contribution is 2.17. The number of carbonyl (C=O) groups excluding carboxylic acids is 1. The molecule has 0 aliphatic carbocycles. The Morgan fingerprint density at radius 1 is 1.14 bits per heavy atom. The molecule has 1 fully saturated rings. The van der Waals surface area contributed by atoms with Gasteiger partial charge in [0, 0.05) is 13.1 Å². The predicted octanol–water partition coefficient (Wildman–Crippen LogP) is 2.64. The Hall–Kier alpha value is -1.35. The number of benzene rings is 1. The highest BCUT2D eigenvalue weighted by Gasteiger charge is 2.22. The maximum absolute atomic E-state index is 12.4. The minimum Gasteiger partial charge on any atom is -0.342 e. The number of piperidine rings is 1. The first-order chi connectivity index (χ1) is 10.2. The van der Waals surface area contributed by atoms with E-state index in [2.05, 4.69) is 43.4 Å². The highest BCUT2D eigenvalue weighted by molar-refractivity contribution is 5.78. The fourth-order valence-corrected chi connectivity index (χ4v) is 2.91. The molecule has 116 valence electrons. The van der Waals surface area contributed by atoms with Gasteiger partial charge in [0.1, 0.15) is 0 Å². The molecule has 1 aromatic carbocycles. The Morgan fingerprint density at radius 2 is 1.76 bits per heavy atom. The monoisotopic (exact) mass is 288 g/mol. The second-order valence-electron chi connectivity index (χ2n) is 5.98. The number of amides is 1. The van der Waals surface area contributed by atoms with E-state index < -0.39 is 0 Å². The lowest BCUT2D eigenvalue weighted by Crippen LogP contribution is -2.41. The van der Waals surface area contributed by atoms with Crippen LogP contribution < -0.4 is 5.32 Å². The van der Waals surface area contributed by atoms with Crippen molar-refractivity contribution in [2.75, 3.05) is 26.2 Å². The van der Waals surface area contributed by atoms with Crippen LogP contribution in [-0.2, 0) is 17.6 Å². The van der Waals surface area contributed by atoms with E-state index in [1.54, 1.807) is 0 Å². The van der Waals surface area contributed by atoms with Gasteiger partial charge in [-0.05, 0) is 49.4 Å². The summed E-state index contributed by atoms with van der Waals surface area (Å²) in [6, 6.07) is 8.44. The van der Waals surface area contributed by atoms with Crippen LogP contribution in [0.15, 0.2) is 24.3 Å². The third kappa shape index (κ3) is 4.85. The highest BCUT2D eigenvalue weighted by atomic mass is 16.2. The zero-order chi connectivity index (χ0) is 15.1. The first-order valence-electron chi connectivity index (χ1n) is 8.29. The Labute approximate surface area is 128 Å². The van der Waals surface area contributed by atoms with Crippen molar-refractivity contribution >= 4 is 5.91 Å². The van der Waals surface area contributed by atoms with Crippen molar-refractivity contribution in [3.05, 3.63) is 35.4 Å². The van der Waals surface area contributed by atoms with Gasteiger partial charge >= 0.3 is 0 Å². The lowest BCUT2D eigenvalue weighted by atomic mass is 9.96. The van der Waals surface area contributed by atoms with Crippen LogP contribution in [0.2, 0.25) is 0 Å². The number of hydrogen-bond donors (Lipinski definition) is 1. The van der Waals surface area contributed by atoms with Crippen LogP contribution in [0.1, 0.15) is 37.8 Å². The van der Waals surface area contributed by atoms with Gasteiger partial charge < -0.3 is 10.2 Å². The molecule has 1 heterocycles. The molecule has 1 N–H and O–H groups in total. The van der Waals surface area contributed by atoms with Gasteiger partial charge in [0.05, 0.1) is 6.42 Å². The molecular formula is C18H28N2O. The summed E-state index contributed by atoms with van der Waals surface area (Å²) in [6.45, 7) is 8.26. The molecule has 1 aromatic rings. The molecule has 1 amide bonds. The molecule has 1 aliphatic heterocycles. The lowest BCUT2D eigenvalue weighted by molar-refractivity contribution is -0.131. The van der Waals surface area contributed by atoms with Crippen molar-refractivity contribution < 1.29 is 4.79 Å². The van der Waals surface area contributed by atoms with Crippen LogP contribution in [0.3, 0.4) is 0 Å². The van der Waals surface area contributed by atoms with Crippen LogP contribution in [0, 0.1) is 5.92 Å². The maximum Gasteiger partial charge on any atom is 0.226 e. The molecule has 0 unspecified atom stereocenters. The Morgan fingerprint density at radius 3 is 2.33 bits per heavy atom. The standard InChI is InChI=1S/C18H28N2O/c1-3-15-5-7-16(8-6-15)13-18(21)20-11-9-17(10-12-20)14-19-4-2/h5-8,17,19H,3-4,9-14H2,1-2H3. The van der Waals surface area contributed by atoms with Gasteiger partial charge in [-0.2, -0.15) is 0 Å². The van der Waals surface area contributed by atoms with E-state index in [-0.39, 0.29) is 5.91 Å². The number of rotatable bonds is 6. The smallest absolute Gasteiger partial charge is 0.226 e. The predicted molar refractivity (Wildman–Crippen MR) is 87.4 cm³/mol. The van der Waals surface area contributed by atoms with Crippen molar-refractivity contribution in [2.45, 2.75) is 39.5 Å². The third-order valence-corrected chi connectivity index (χ3v) is 4.44. The van der Waals surface area contributed by atoms with Gasteiger partial charge in [0.25, 0.3) is 0 Å². The first kappa shape index (κ1) is 16.0.